The van der Waals surface area contributed by atoms with Crippen molar-refractivity contribution in [2.45, 2.75) is 6.54 Å². The number of fused-ring (bicyclic) bond motifs is 1. The third-order valence-corrected chi connectivity index (χ3v) is 4.40. The van der Waals surface area contributed by atoms with E-state index in [1.165, 1.54) is 0 Å². The van der Waals surface area contributed by atoms with Gasteiger partial charge in [0, 0.05) is 24.9 Å². The summed E-state index contributed by atoms with van der Waals surface area (Å²) in [5, 5.41) is 11.6. The summed E-state index contributed by atoms with van der Waals surface area (Å²) in [5.41, 5.74) is 9.03. The second-order valence-electron chi connectivity index (χ2n) is 5.51. The van der Waals surface area contributed by atoms with Gasteiger partial charge in [-0.15, -0.1) is 0 Å². The van der Waals surface area contributed by atoms with Crippen LogP contribution in [0.3, 0.4) is 0 Å². The minimum absolute atomic E-state index is 0. The molecule has 8 heteroatoms. The number of nitrogens with one attached hydrogen (secondary N) is 2. The summed E-state index contributed by atoms with van der Waals surface area (Å²) >= 11 is 1.62. The maximum Gasteiger partial charge on any atom is 0.171 e. The molecule has 1 aromatic carbocycles. The molecule has 0 fully saturated rings. The molecule has 134 valence electrons. The molecule has 0 spiro atoms. The van der Waals surface area contributed by atoms with Crippen LogP contribution < -0.4 is 22.5 Å². The van der Waals surface area contributed by atoms with Crippen LogP contribution in [-0.2, 0) is 6.54 Å². The number of aromatic nitrogens is 3. The summed E-state index contributed by atoms with van der Waals surface area (Å²) in [5.74, 6) is 1.59. The zero-order chi connectivity index (χ0) is 17.1. The number of hydrogen-bond donors (Lipinski definition) is 4. The predicted molar refractivity (Wildman–Crippen MR) is 110 cm³/mol. The van der Waals surface area contributed by atoms with E-state index < -0.39 is 0 Å². The van der Waals surface area contributed by atoms with Gasteiger partial charge in [0.25, 0.3) is 0 Å². The van der Waals surface area contributed by atoms with Crippen molar-refractivity contribution in [2.24, 2.45) is 0 Å². The van der Waals surface area contributed by atoms with E-state index in [9.17, 15) is 0 Å². The zero-order valence-corrected chi connectivity index (χ0v) is 14.8. The fraction of sp³-hybridized carbons (Fsp3) is 0.0556. The van der Waals surface area contributed by atoms with Crippen LogP contribution in [0.4, 0.5) is 23.1 Å². The Hall–Kier alpha value is -3.23. The smallest absolute Gasteiger partial charge is 0.171 e. The first-order valence-corrected chi connectivity index (χ1v) is 8.71. The Balaban J connectivity index is 0.00000131. The van der Waals surface area contributed by atoms with Crippen molar-refractivity contribution in [3.63, 3.8) is 0 Å². The van der Waals surface area contributed by atoms with Gasteiger partial charge in [0.15, 0.2) is 17.5 Å². The predicted octanol–water partition coefficient (Wildman–Crippen LogP) is 4.43. The molecule has 0 amide bonds. The molecular formula is C18H21N7S. The van der Waals surface area contributed by atoms with Crippen LogP contribution in [0.2, 0.25) is 0 Å². The number of pyridine rings is 1. The van der Waals surface area contributed by atoms with Gasteiger partial charge in [-0.3, -0.25) is 4.98 Å². The van der Waals surface area contributed by atoms with E-state index in [-0.39, 0.29) is 7.58 Å². The highest BCUT2D eigenvalue weighted by atomic mass is 32.1. The summed E-state index contributed by atoms with van der Waals surface area (Å²) in [6.45, 7) is 0.603. The molecule has 0 saturated carbocycles. The molecule has 0 unspecified atom stereocenters. The number of thiophene rings is 1. The molecule has 26 heavy (non-hydrogen) atoms. The van der Waals surface area contributed by atoms with Crippen LogP contribution in [0.1, 0.15) is 6.99 Å². The summed E-state index contributed by atoms with van der Waals surface area (Å²) in [6, 6.07) is 12.1. The highest BCUT2D eigenvalue weighted by Gasteiger charge is 2.06. The van der Waals surface area contributed by atoms with Gasteiger partial charge >= 0.3 is 0 Å². The average Bonchev–Trinajstić information content (AvgIpc) is 3.15. The first-order valence-electron chi connectivity index (χ1n) is 7.77. The van der Waals surface area contributed by atoms with Crippen LogP contribution >= 0.6 is 11.3 Å². The molecule has 0 saturated heterocycles. The number of anilines is 4. The van der Waals surface area contributed by atoms with Crippen LogP contribution in [0.5, 0.6) is 0 Å². The molecule has 0 aliphatic heterocycles. The Morgan fingerprint density at radius 3 is 2.92 bits per heavy atom. The number of rotatable bonds is 5. The largest absolute Gasteiger partial charge is 0.381 e. The quantitative estimate of drug-likeness (QED) is 0.411. The van der Waals surface area contributed by atoms with Gasteiger partial charge in [-0.25, -0.2) is 9.97 Å². The summed E-state index contributed by atoms with van der Waals surface area (Å²) in [6.07, 6.45) is 3.42. The van der Waals surface area contributed by atoms with Crippen molar-refractivity contribution in [3.05, 3.63) is 65.1 Å². The standard InChI is InChI=1S/C18H16N6S.H3N.H2/c19-17-18(24-16(10-21-17)23-14-5-7-25-11-14)22-9-12-3-4-15-13(8-12)2-1-6-20-15;;/h1-8,10-11H,9H2,(H2,19,21)(H2,22,23,24);1H3;1H. The Kier molecular flexibility index (Phi) is 5.26. The van der Waals surface area contributed by atoms with Crippen LogP contribution in [0.15, 0.2) is 59.6 Å². The van der Waals surface area contributed by atoms with Crippen molar-refractivity contribution in [3.8, 4) is 0 Å². The fourth-order valence-corrected chi connectivity index (χ4v) is 3.08. The number of nitrogens with two attached hydrogens (primary N) is 1. The van der Waals surface area contributed by atoms with E-state index in [1.807, 2.05) is 41.1 Å². The van der Waals surface area contributed by atoms with Gasteiger partial charge < -0.3 is 22.5 Å². The minimum atomic E-state index is 0. The third kappa shape index (κ3) is 3.88. The molecule has 0 aliphatic rings. The van der Waals surface area contributed by atoms with Gasteiger partial charge in [-0.05, 0) is 35.2 Å². The van der Waals surface area contributed by atoms with E-state index in [1.54, 1.807) is 23.7 Å². The summed E-state index contributed by atoms with van der Waals surface area (Å²) in [7, 11) is 0. The Morgan fingerprint density at radius 1 is 1.15 bits per heavy atom. The molecule has 0 atom stereocenters. The molecule has 7 nitrogen and oxygen atoms in total. The zero-order valence-electron chi connectivity index (χ0n) is 14.0. The highest BCUT2D eigenvalue weighted by molar-refractivity contribution is 7.08. The molecule has 3 aromatic heterocycles. The number of nitrogens with zero attached hydrogens (tertiary/aromatic N) is 3. The van der Waals surface area contributed by atoms with Gasteiger partial charge in [-0.1, -0.05) is 12.1 Å². The fourth-order valence-electron chi connectivity index (χ4n) is 2.49. The average molecular weight is 367 g/mol. The molecule has 3 heterocycles. The normalized spacial score (nSPS) is 10.3. The lowest BCUT2D eigenvalue weighted by Crippen LogP contribution is -2.07. The van der Waals surface area contributed by atoms with Gasteiger partial charge in [-0.2, -0.15) is 11.3 Å². The highest BCUT2D eigenvalue weighted by Crippen LogP contribution is 2.21. The van der Waals surface area contributed by atoms with Crippen molar-refractivity contribution in [1.29, 1.82) is 0 Å². The van der Waals surface area contributed by atoms with E-state index in [0.717, 1.165) is 22.2 Å². The van der Waals surface area contributed by atoms with Crippen LogP contribution in [-0.4, -0.2) is 15.0 Å². The molecule has 4 aromatic rings. The first-order chi connectivity index (χ1) is 12.3. The molecule has 0 bridgehead atoms. The van der Waals surface area contributed by atoms with Crippen molar-refractivity contribution < 1.29 is 1.43 Å². The molecule has 4 rings (SSSR count). The van der Waals surface area contributed by atoms with Crippen molar-refractivity contribution in [1.82, 2.24) is 21.1 Å². The topological polar surface area (TPSA) is 124 Å². The van der Waals surface area contributed by atoms with E-state index in [0.29, 0.717) is 24.0 Å². The molecular weight excluding hydrogens is 346 g/mol. The number of nitrogen functional groups attached to an aromatic ring is 1. The van der Waals surface area contributed by atoms with Gasteiger partial charge in [0.2, 0.25) is 0 Å². The van der Waals surface area contributed by atoms with Crippen molar-refractivity contribution in [2.75, 3.05) is 16.4 Å². The van der Waals surface area contributed by atoms with E-state index >= 15 is 0 Å². The van der Waals surface area contributed by atoms with Gasteiger partial charge in [0.05, 0.1) is 17.4 Å². The summed E-state index contributed by atoms with van der Waals surface area (Å²) < 4.78 is 0. The molecule has 7 N–H and O–H groups in total. The monoisotopic (exact) mass is 367 g/mol. The molecule has 0 radical (unpaired) electrons. The first kappa shape index (κ1) is 17.6. The minimum Gasteiger partial charge on any atom is -0.381 e. The Morgan fingerprint density at radius 2 is 2.08 bits per heavy atom. The Bertz CT molecular complexity index is 1010. The van der Waals surface area contributed by atoms with Gasteiger partial charge in [0.1, 0.15) is 0 Å². The number of benzene rings is 1. The summed E-state index contributed by atoms with van der Waals surface area (Å²) in [4.78, 5) is 13.0. The lowest BCUT2D eigenvalue weighted by atomic mass is 10.1. The van der Waals surface area contributed by atoms with E-state index in [2.05, 4.69) is 31.7 Å². The number of hydrogen-bond acceptors (Lipinski definition) is 8. The maximum absolute atomic E-state index is 5.95. The van der Waals surface area contributed by atoms with E-state index in [4.69, 9.17) is 5.73 Å². The van der Waals surface area contributed by atoms with Crippen LogP contribution in [0.25, 0.3) is 10.9 Å². The second-order valence-corrected chi connectivity index (χ2v) is 6.29. The lowest BCUT2D eigenvalue weighted by Gasteiger charge is -2.10. The SMILES string of the molecule is N.Nc1ncc(Nc2ccsc2)nc1NCc1ccc2ncccc2c1.[HH]. The molecule has 0 aliphatic carbocycles. The lowest BCUT2D eigenvalue weighted by molar-refractivity contribution is 1.10. The Labute approximate surface area is 156 Å². The third-order valence-electron chi connectivity index (χ3n) is 3.72. The van der Waals surface area contributed by atoms with Crippen molar-refractivity contribution >= 4 is 45.4 Å². The van der Waals surface area contributed by atoms with Crippen LogP contribution in [0, 0.1) is 0 Å². The maximum atomic E-state index is 5.95. The second kappa shape index (κ2) is 7.77.